The first kappa shape index (κ1) is 19.1. The van der Waals surface area contributed by atoms with E-state index in [1.165, 1.54) is 16.7 Å². The Morgan fingerprint density at radius 1 is 1.17 bits per heavy atom. The molecule has 0 fully saturated rings. The quantitative estimate of drug-likeness (QED) is 0.298. The number of fused-ring (bicyclic) bond motifs is 1. The SMILES string of the molecule is CC1=C(C2=C3C(=CC=CC(=[Si](C)C)C3C)[C]([Hf]([Br])[Br])=C2C)CC=C1. The standard InChI is InChI=1S/C20H23Si.2BrH.Hf/c1-13-8-6-10-17(13)19-14(2)12-16-9-7-11-18(21(4)5)15(3)20(16)19;;;/h6-9,11,15H,10H2,1-5H3;2*1H;/q;;;+2/p-2. The summed E-state index contributed by atoms with van der Waals surface area (Å²) in [5.74, 6) is 0.521. The van der Waals surface area contributed by atoms with Crippen molar-refractivity contribution in [3.63, 3.8) is 0 Å². The molecule has 0 bridgehead atoms. The van der Waals surface area contributed by atoms with Gasteiger partial charge in [0.1, 0.15) is 0 Å². The van der Waals surface area contributed by atoms with Gasteiger partial charge in [-0.3, -0.25) is 0 Å². The Morgan fingerprint density at radius 3 is 2.42 bits per heavy atom. The molecule has 1 atom stereocenters. The van der Waals surface area contributed by atoms with Crippen LogP contribution in [0.2, 0.25) is 13.1 Å². The van der Waals surface area contributed by atoms with E-state index >= 15 is 0 Å². The summed E-state index contributed by atoms with van der Waals surface area (Å²) in [6.45, 7) is 11.9. The van der Waals surface area contributed by atoms with Crippen molar-refractivity contribution in [1.82, 2.24) is 0 Å². The van der Waals surface area contributed by atoms with E-state index in [2.05, 4.69) is 88.8 Å². The van der Waals surface area contributed by atoms with Crippen LogP contribution in [0.4, 0.5) is 0 Å². The van der Waals surface area contributed by atoms with E-state index in [4.69, 9.17) is 0 Å². The molecular weight excluding hydrogens is 607 g/mol. The van der Waals surface area contributed by atoms with E-state index in [1.54, 1.807) is 25.2 Å². The molecule has 1 unspecified atom stereocenters. The molecule has 0 radical (unpaired) electrons. The first-order chi connectivity index (χ1) is 11.3. The topological polar surface area (TPSA) is 0 Å². The van der Waals surface area contributed by atoms with Gasteiger partial charge in [-0.2, -0.15) is 0 Å². The molecule has 3 rings (SSSR count). The minimum absolute atomic E-state index is 0.452. The molecular formula is C20H23Br2HfSi. The van der Waals surface area contributed by atoms with Crippen molar-refractivity contribution in [3.05, 3.63) is 67.1 Å². The maximum atomic E-state index is 3.99. The molecule has 0 aromatic rings. The van der Waals surface area contributed by atoms with Crippen LogP contribution >= 0.6 is 24.6 Å². The van der Waals surface area contributed by atoms with Crippen LogP contribution in [0.15, 0.2) is 67.1 Å². The van der Waals surface area contributed by atoms with Crippen molar-refractivity contribution in [3.8, 4) is 0 Å². The van der Waals surface area contributed by atoms with Crippen LogP contribution in [0, 0.1) is 5.92 Å². The summed E-state index contributed by atoms with van der Waals surface area (Å²) < 4.78 is 1.61. The van der Waals surface area contributed by atoms with E-state index < -0.39 is 25.2 Å². The monoisotopic (exact) mass is 629 g/mol. The molecule has 0 aliphatic heterocycles. The molecule has 4 heteroatoms. The maximum absolute atomic E-state index is 3.99. The molecule has 0 saturated carbocycles. The van der Waals surface area contributed by atoms with Crippen LogP contribution in [0.3, 0.4) is 0 Å². The first-order valence-corrected chi connectivity index (χ1v) is 28.4. The summed E-state index contributed by atoms with van der Waals surface area (Å²) in [5.41, 5.74) is 9.16. The van der Waals surface area contributed by atoms with Gasteiger partial charge in [-0.25, -0.2) is 0 Å². The van der Waals surface area contributed by atoms with Crippen LogP contribution in [0.25, 0.3) is 0 Å². The van der Waals surface area contributed by atoms with Crippen LogP contribution < -0.4 is 0 Å². The summed E-state index contributed by atoms with van der Waals surface area (Å²) in [7, 11) is -0.452. The Hall–Kier alpha value is 0.357. The average molecular weight is 630 g/mol. The summed E-state index contributed by atoms with van der Waals surface area (Å²) in [6.07, 6.45) is 12.8. The molecule has 0 aromatic carbocycles. The second kappa shape index (κ2) is 7.54. The first-order valence-electron chi connectivity index (χ1n) is 8.41. The zero-order valence-corrected chi connectivity index (χ0v) is 22.7. The second-order valence-corrected chi connectivity index (χ2v) is 34.9. The van der Waals surface area contributed by atoms with E-state index in [1.807, 2.05) is 0 Å². The molecule has 3 aliphatic rings. The van der Waals surface area contributed by atoms with Gasteiger partial charge >= 0.3 is 168 Å². The van der Waals surface area contributed by atoms with Gasteiger partial charge in [0.2, 0.25) is 0 Å². The Kier molecular flexibility index (Phi) is 6.01. The summed E-state index contributed by atoms with van der Waals surface area (Å²) in [6, 6.07) is 0. The molecule has 0 saturated heterocycles. The third-order valence-corrected chi connectivity index (χ3v) is 17.2. The van der Waals surface area contributed by atoms with Crippen molar-refractivity contribution in [2.24, 2.45) is 5.92 Å². The second-order valence-electron chi connectivity index (χ2n) is 6.93. The minimum atomic E-state index is -2.02. The Morgan fingerprint density at radius 2 is 1.88 bits per heavy atom. The number of hydrogen-bond donors (Lipinski definition) is 0. The van der Waals surface area contributed by atoms with Gasteiger partial charge in [0, 0.05) is 0 Å². The molecule has 0 amide bonds. The van der Waals surface area contributed by atoms with Crippen molar-refractivity contribution in [1.29, 1.82) is 0 Å². The zero-order chi connectivity index (χ0) is 17.6. The van der Waals surface area contributed by atoms with E-state index in [0.29, 0.717) is 5.92 Å². The Balaban J connectivity index is 2.30. The van der Waals surface area contributed by atoms with Gasteiger partial charge in [-0.15, -0.1) is 0 Å². The summed E-state index contributed by atoms with van der Waals surface area (Å²) in [4.78, 5) is 0. The summed E-state index contributed by atoms with van der Waals surface area (Å²) >= 11 is 5.96. The molecule has 0 spiro atoms. The predicted octanol–water partition coefficient (Wildman–Crippen LogP) is 6.73. The van der Waals surface area contributed by atoms with Gasteiger partial charge in [-0.1, -0.05) is 0 Å². The van der Waals surface area contributed by atoms with E-state index in [0.717, 1.165) is 6.42 Å². The van der Waals surface area contributed by atoms with E-state index in [9.17, 15) is 0 Å². The van der Waals surface area contributed by atoms with Crippen molar-refractivity contribution in [2.75, 3.05) is 0 Å². The van der Waals surface area contributed by atoms with Crippen LogP contribution in [-0.4, -0.2) is 13.6 Å². The number of rotatable bonds is 2. The van der Waals surface area contributed by atoms with Crippen LogP contribution in [-0.2, 0) is 16.8 Å². The summed E-state index contributed by atoms with van der Waals surface area (Å²) in [5, 5.41) is 1.65. The molecule has 0 heterocycles. The molecule has 0 N–H and O–H groups in total. The van der Waals surface area contributed by atoms with Crippen molar-refractivity contribution in [2.45, 2.75) is 40.3 Å². The molecule has 125 valence electrons. The fourth-order valence-electron chi connectivity index (χ4n) is 4.12. The van der Waals surface area contributed by atoms with Crippen LogP contribution in [0.5, 0.6) is 0 Å². The zero-order valence-electron chi connectivity index (χ0n) is 14.9. The van der Waals surface area contributed by atoms with E-state index in [-0.39, 0.29) is 0 Å². The van der Waals surface area contributed by atoms with Gasteiger partial charge in [-0.05, 0) is 0 Å². The Bertz CT molecular complexity index is 813. The third-order valence-electron chi connectivity index (χ3n) is 5.25. The fraction of sp³-hybridized carbons (Fsp3) is 0.350. The van der Waals surface area contributed by atoms with Gasteiger partial charge in [0.25, 0.3) is 0 Å². The average Bonchev–Trinajstić information content (AvgIpc) is 2.98. The third kappa shape index (κ3) is 3.21. The van der Waals surface area contributed by atoms with Crippen LogP contribution in [0.1, 0.15) is 27.2 Å². The number of allylic oxidation sites excluding steroid dienone is 12. The number of halogens is 2. The predicted molar refractivity (Wildman–Crippen MR) is 113 cm³/mol. The van der Waals surface area contributed by atoms with Gasteiger partial charge < -0.3 is 0 Å². The van der Waals surface area contributed by atoms with Gasteiger partial charge in [0.05, 0.1) is 0 Å². The van der Waals surface area contributed by atoms with Crippen molar-refractivity contribution >= 4 is 38.2 Å². The molecule has 24 heavy (non-hydrogen) atoms. The van der Waals surface area contributed by atoms with Gasteiger partial charge in [0.15, 0.2) is 0 Å². The Labute approximate surface area is 166 Å². The number of hydrogen-bond acceptors (Lipinski definition) is 0. The normalized spacial score (nSPS) is 23.2. The van der Waals surface area contributed by atoms with Crippen molar-refractivity contribution < 1.29 is 16.8 Å². The fourth-order valence-corrected chi connectivity index (χ4v) is 16.9. The molecule has 0 aromatic heterocycles. The molecule has 0 nitrogen and oxygen atoms in total. The molecule has 3 aliphatic carbocycles.